The molecule has 0 fully saturated rings. The first-order chi connectivity index (χ1) is 16.6. The molecule has 0 unspecified atom stereocenters. The quantitative estimate of drug-likeness (QED) is 0.524. The summed E-state index contributed by atoms with van der Waals surface area (Å²) in [6.07, 6.45) is 0. The van der Waals surface area contributed by atoms with Gasteiger partial charge in [-0.3, -0.25) is 9.10 Å². The lowest BCUT2D eigenvalue weighted by molar-refractivity contribution is -0.120. The van der Waals surface area contributed by atoms with E-state index in [1.807, 2.05) is 52.0 Å². The summed E-state index contributed by atoms with van der Waals surface area (Å²) >= 11 is 0. The summed E-state index contributed by atoms with van der Waals surface area (Å²) in [7, 11) is -3.98. The van der Waals surface area contributed by atoms with Gasteiger partial charge in [0, 0.05) is 0 Å². The zero-order valence-electron chi connectivity index (χ0n) is 20.4. The van der Waals surface area contributed by atoms with Gasteiger partial charge in [-0.25, -0.2) is 8.42 Å². The molecule has 1 N–H and O–H groups in total. The first kappa shape index (κ1) is 24.6. The molecule has 8 heteroatoms. The second-order valence-electron chi connectivity index (χ2n) is 8.86. The summed E-state index contributed by atoms with van der Waals surface area (Å²) in [6.45, 7) is 8.16. The minimum Gasteiger partial charge on any atom is -0.486 e. The first-order valence-corrected chi connectivity index (χ1v) is 12.9. The lowest BCUT2D eigenvalue weighted by Crippen LogP contribution is -2.41. The predicted octanol–water partition coefficient (Wildman–Crippen LogP) is 4.46. The van der Waals surface area contributed by atoms with Gasteiger partial charge < -0.3 is 14.8 Å². The minimum atomic E-state index is -3.98. The van der Waals surface area contributed by atoms with Crippen LogP contribution in [0.1, 0.15) is 35.2 Å². The zero-order chi connectivity index (χ0) is 25.2. The Bertz CT molecular complexity index is 1320. The highest BCUT2D eigenvalue weighted by Crippen LogP contribution is 2.32. The third kappa shape index (κ3) is 5.59. The number of carbonyl (C=O) groups excluding carboxylic acids is 1. The van der Waals surface area contributed by atoms with Crippen LogP contribution in [0, 0.1) is 20.8 Å². The fraction of sp³-hybridized carbons (Fsp3) is 0.296. The summed E-state index contributed by atoms with van der Waals surface area (Å²) in [4.78, 5) is 13.3. The topological polar surface area (TPSA) is 84.9 Å². The Morgan fingerprint density at radius 1 is 0.886 bits per heavy atom. The molecule has 184 valence electrons. The van der Waals surface area contributed by atoms with Crippen LogP contribution in [0.4, 0.5) is 5.69 Å². The number of amides is 1. The van der Waals surface area contributed by atoms with E-state index in [4.69, 9.17) is 9.47 Å². The maximum Gasteiger partial charge on any atom is 0.264 e. The molecule has 1 aliphatic rings. The molecule has 1 heterocycles. The van der Waals surface area contributed by atoms with Crippen LogP contribution in [0.2, 0.25) is 0 Å². The van der Waals surface area contributed by atoms with Gasteiger partial charge in [0.25, 0.3) is 10.0 Å². The van der Waals surface area contributed by atoms with Crippen molar-refractivity contribution in [3.8, 4) is 11.5 Å². The van der Waals surface area contributed by atoms with Crippen LogP contribution < -0.4 is 19.1 Å². The van der Waals surface area contributed by atoms with Gasteiger partial charge >= 0.3 is 0 Å². The lowest BCUT2D eigenvalue weighted by atomic mass is 10.1. The van der Waals surface area contributed by atoms with Crippen molar-refractivity contribution in [3.63, 3.8) is 0 Å². The fourth-order valence-electron chi connectivity index (χ4n) is 4.08. The molecule has 0 saturated carbocycles. The number of hydrogen-bond donors (Lipinski definition) is 1. The molecule has 3 aromatic carbocycles. The van der Waals surface area contributed by atoms with Gasteiger partial charge in [0.05, 0.1) is 16.6 Å². The molecule has 0 radical (unpaired) electrons. The monoisotopic (exact) mass is 494 g/mol. The number of nitrogens with zero attached hydrogens (tertiary/aromatic N) is 1. The van der Waals surface area contributed by atoms with E-state index in [2.05, 4.69) is 5.32 Å². The molecule has 0 spiro atoms. The van der Waals surface area contributed by atoms with Crippen molar-refractivity contribution >= 4 is 21.6 Å². The molecule has 1 atom stereocenters. The highest BCUT2D eigenvalue weighted by Gasteiger charge is 2.28. The van der Waals surface area contributed by atoms with Crippen molar-refractivity contribution in [1.82, 2.24) is 5.32 Å². The third-order valence-corrected chi connectivity index (χ3v) is 7.62. The Labute approximate surface area is 206 Å². The van der Waals surface area contributed by atoms with Crippen LogP contribution in [0.3, 0.4) is 0 Å². The van der Waals surface area contributed by atoms with Crippen LogP contribution in [0.25, 0.3) is 0 Å². The van der Waals surface area contributed by atoms with E-state index >= 15 is 0 Å². The maximum absolute atomic E-state index is 13.6. The number of anilines is 1. The Morgan fingerprint density at radius 3 is 2.17 bits per heavy atom. The number of aryl methyl sites for hydroxylation is 3. The van der Waals surface area contributed by atoms with Crippen molar-refractivity contribution in [2.75, 3.05) is 24.1 Å². The summed E-state index contributed by atoms with van der Waals surface area (Å²) in [5, 5.41) is 2.92. The molecule has 3 aromatic rings. The van der Waals surface area contributed by atoms with E-state index in [9.17, 15) is 13.2 Å². The molecule has 35 heavy (non-hydrogen) atoms. The Morgan fingerprint density at radius 2 is 1.51 bits per heavy atom. The van der Waals surface area contributed by atoms with Gasteiger partial charge in [-0.2, -0.15) is 0 Å². The van der Waals surface area contributed by atoms with E-state index in [0.29, 0.717) is 30.4 Å². The smallest absolute Gasteiger partial charge is 0.264 e. The van der Waals surface area contributed by atoms with Crippen LogP contribution in [0.5, 0.6) is 11.5 Å². The van der Waals surface area contributed by atoms with E-state index in [0.717, 1.165) is 22.3 Å². The van der Waals surface area contributed by atoms with E-state index in [1.54, 1.807) is 36.4 Å². The molecule has 1 amide bonds. The standard InChI is InChI=1S/C27H30N2O5S/c1-18-5-8-24(9-6-18)35(31,32)29(23-14-19(2)13-20(3)15-23)17-27(30)28-21(4)22-7-10-25-26(16-22)34-12-11-33-25/h5-10,13-16,21H,11-12,17H2,1-4H3,(H,28,30)/t21-/m0/s1. The van der Waals surface area contributed by atoms with Gasteiger partial charge in [-0.15, -0.1) is 0 Å². The van der Waals surface area contributed by atoms with Gasteiger partial charge in [-0.05, 0) is 80.8 Å². The first-order valence-electron chi connectivity index (χ1n) is 11.5. The van der Waals surface area contributed by atoms with E-state index in [-0.39, 0.29) is 17.5 Å². The number of hydrogen-bond acceptors (Lipinski definition) is 5. The third-order valence-electron chi connectivity index (χ3n) is 5.83. The van der Waals surface area contributed by atoms with Crippen molar-refractivity contribution < 1.29 is 22.7 Å². The van der Waals surface area contributed by atoms with Crippen molar-refractivity contribution in [1.29, 1.82) is 0 Å². The molecule has 7 nitrogen and oxygen atoms in total. The molecule has 0 saturated heterocycles. The number of nitrogens with one attached hydrogen (secondary N) is 1. The Hall–Kier alpha value is -3.52. The van der Waals surface area contributed by atoms with Crippen LogP contribution in [0.15, 0.2) is 65.6 Å². The number of sulfonamides is 1. The number of fused-ring (bicyclic) bond motifs is 1. The van der Waals surface area contributed by atoms with Crippen LogP contribution >= 0.6 is 0 Å². The van der Waals surface area contributed by atoms with E-state index in [1.165, 1.54) is 4.31 Å². The van der Waals surface area contributed by atoms with E-state index < -0.39 is 15.9 Å². The van der Waals surface area contributed by atoms with Crippen LogP contribution in [-0.2, 0) is 14.8 Å². The molecular formula is C27H30N2O5S. The number of benzene rings is 3. The Balaban J connectivity index is 1.60. The predicted molar refractivity (Wildman–Crippen MR) is 136 cm³/mol. The van der Waals surface area contributed by atoms with Gasteiger partial charge in [0.2, 0.25) is 5.91 Å². The average molecular weight is 495 g/mol. The molecule has 0 bridgehead atoms. The summed E-state index contributed by atoms with van der Waals surface area (Å²) in [6, 6.07) is 17.3. The molecule has 0 aromatic heterocycles. The number of carbonyl (C=O) groups is 1. The number of rotatable bonds is 7. The minimum absolute atomic E-state index is 0.134. The Kier molecular flexibility index (Phi) is 7.03. The lowest BCUT2D eigenvalue weighted by Gasteiger charge is -2.26. The second-order valence-corrected chi connectivity index (χ2v) is 10.7. The van der Waals surface area contributed by atoms with Crippen molar-refractivity contribution in [2.45, 2.75) is 38.6 Å². The second kappa shape index (κ2) is 10.00. The largest absolute Gasteiger partial charge is 0.486 e. The molecular weight excluding hydrogens is 464 g/mol. The van der Waals surface area contributed by atoms with Gasteiger partial charge in [0.1, 0.15) is 19.8 Å². The van der Waals surface area contributed by atoms with Crippen LogP contribution in [-0.4, -0.2) is 34.1 Å². The highest BCUT2D eigenvalue weighted by atomic mass is 32.2. The SMILES string of the molecule is Cc1ccc(S(=O)(=O)N(CC(=O)N[C@@H](C)c2ccc3c(c2)OCCO3)c2cc(C)cc(C)c2)cc1. The highest BCUT2D eigenvalue weighted by molar-refractivity contribution is 7.92. The molecule has 4 rings (SSSR count). The summed E-state index contributed by atoms with van der Waals surface area (Å²) in [5.74, 6) is 0.889. The average Bonchev–Trinajstić information content (AvgIpc) is 2.81. The van der Waals surface area contributed by atoms with Crippen molar-refractivity contribution in [2.24, 2.45) is 0 Å². The van der Waals surface area contributed by atoms with Gasteiger partial charge in [0.15, 0.2) is 11.5 Å². The molecule has 0 aliphatic carbocycles. The maximum atomic E-state index is 13.6. The van der Waals surface area contributed by atoms with Gasteiger partial charge in [-0.1, -0.05) is 29.8 Å². The summed E-state index contributed by atoms with van der Waals surface area (Å²) < 4.78 is 39.6. The number of ether oxygens (including phenoxy) is 2. The normalized spacial score (nSPS) is 13.7. The summed E-state index contributed by atoms with van der Waals surface area (Å²) in [5.41, 5.74) is 4.06. The molecule has 1 aliphatic heterocycles. The van der Waals surface area contributed by atoms with Crippen molar-refractivity contribution in [3.05, 3.63) is 82.9 Å². The zero-order valence-corrected chi connectivity index (χ0v) is 21.2. The fourth-order valence-corrected chi connectivity index (χ4v) is 5.48.